The van der Waals surface area contributed by atoms with Gasteiger partial charge in [0, 0.05) is 11.1 Å². The van der Waals surface area contributed by atoms with E-state index in [1.165, 1.54) is 6.07 Å². The highest BCUT2D eigenvalue weighted by molar-refractivity contribution is 6.31. The van der Waals surface area contributed by atoms with Gasteiger partial charge in [-0.3, -0.25) is 0 Å². The molecule has 2 aromatic carbocycles. The van der Waals surface area contributed by atoms with Gasteiger partial charge in [-0.25, -0.2) is 4.39 Å². The Morgan fingerprint density at radius 2 is 1.90 bits per heavy atom. The lowest BCUT2D eigenvalue weighted by molar-refractivity contribution is 0.582. The summed E-state index contributed by atoms with van der Waals surface area (Å²) in [5.74, 6) is -0.387. The van der Waals surface area contributed by atoms with E-state index in [0.717, 1.165) is 16.7 Å². The molecule has 2 aromatic rings. The van der Waals surface area contributed by atoms with Crippen molar-refractivity contribution in [1.82, 2.24) is 5.32 Å². The SMILES string of the molecule is CNC(Cc1ccc(Cl)c(F)c1)c1cc(Cl)ccc1C. The Labute approximate surface area is 128 Å². The first kappa shape index (κ1) is 15.3. The Kier molecular flexibility index (Phi) is 5.03. The van der Waals surface area contributed by atoms with Gasteiger partial charge in [-0.15, -0.1) is 0 Å². The van der Waals surface area contributed by atoms with Crippen molar-refractivity contribution in [2.45, 2.75) is 19.4 Å². The molecule has 4 heteroatoms. The fourth-order valence-electron chi connectivity index (χ4n) is 2.26. The van der Waals surface area contributed by atoms with E-state index in [2.05, 4.69) is 5.32 Å². The predicted octanol–water partition coefficient (Wildman–Crippen LogP) is 4.94. The Hall–Kier alpha value is -1.09. The number of benzene rings is 2. The van der Waals surface area contributed by atoms with Gasteiger partial charge in [0.25, 0.3) is 0 Å². The quantitative estimate of drug-likeness (QED) is 0.843. The van der Waals surface area contributed by atoms with Crippen LogP contribution in [0, 0.1) is 12.7 Å². The maximum atomic E-state index is 13.5. The minimum absolute atomic E-state index is 0.0780. The van der Waals surface area contributed by atoms with E-state index in [4.69, 9.17) is 23.2 Å². The minimum atomic E-state index is -0.387. The molecular formula is C16H16Cl2FN. The van der Waals surface area contributed by atoms with E-state index < -0.39 is 0 Å². The van der Waals surface area contributed by atoms with Crippen molar-refractivity contribution >= 4 is 23.2 Å². The topological polar surface area (TPSA) is 12.0 Å². The molecule has 0 amide bonds. The monoisotopic (exact) mass is 311 g/mol. The Morgan fingerprint density at radius 3 is 2.55 bits per heavy atom. The van der Waals surface area contributed by atoms with Gasteiger partial charge in [-0.1, -0.05) is 35.3 Å². The van der Waals surface area contributed by atoms with Crippen molar-refractivity contribution < 1.29 is 4.39 Å². The average Bonchev–Trinajstić information content (AvgIpc) is 2.43. The average molecular weight is 312 g/mol. The molecule has 106 valence electrons. The Bertz CT molecular complexity index is 613. The highest BCUT2D eigenvalue weighted by atomic mass is 35.5. The molecular weight excluding hydrogens is 296 g/mol. The number of halogens is 3. The van der Waals surface area contributed by atoms with E-state index in [1.54, 1.807) is 6.07 Å². The van der Waals surface area contributed by atoms with E-state index in [0.29, 0.717) is 11.4 Å². The molecule has 0 radical (unpaired) electrons. The van der Waals surface area contributed by atoms with Gasteiger partial charge >= 0.3 is 0 Å². The molecule has 0 heterocycles. The first-order valence-electron chi connectivity index (χ1n) is 6.38. The normalized spacial score (nSPS) is 12.4. The maximum absolute atomic E-state index is 13.5. The Balaban J connectivity index is 2.28. The van der Waals surface area contributed by atoms with Crippen LogP contribution in [0.2, 0.25) is 10.0 Å². The maximum Gasteiger partial charge on any atom is 0.142 e. The highest BCUT2D eigenvalue weighted by Crippen LogP contribution is 2.26. The second-order valence-corrected chi connectivity index (χ2v) is 5.64. The van der Waals surface area contributed by atoms with Crippen LogP contribution < -0.4 is 5.32 Å². The lowest BCUT2D eigenvalue weighted by Crippen LogP contribution is -2.20. The molecule has 0 aliphatic rings. The summed E-state index contributed by atoms with van der Waals surface area (Å²) in [7, 11) is 1.89. The van der Waals surface area contributed by atoms with Crippen molar-refractivity contribution in [2.75, 3.05) is 7.05 Å². The third-order valence-electron chi connectivity index (χ3n) is 3.39. The number of aryl methyl sites for hydroxylation is 1. The summed E-state index contributed by atoms with van der Waals surface area (Å²) in [5, 5.41) is 4.10. The molecule has 1 N–H and O–H groups in total. The second kappa shape index (κ2) is 6.57. The van der Waals surface area contributed by atoms with Crippen LogP contribution in [0.25, 0.3) is 0 Å². The Morgan fingerprint density at radius 1 is 1.15 bits per heavy atom. The van der Waals surface area contributed by atoms with Crippen LogP contribution in [-0.4, -0.2) is 7.05 Å². The summed E-state index contributed by atoms with van der Waals surface area (Å²) >= 11 is 11.8. The predicted molar refractivity (Wildman–Crippen MR) is 83.1 cm³/mol. The smallest absolute Gasteiger partial charge is 0.142 e. The van der Waals surface area contributed by atoms with Gasteiger partial charge in [-0.2, -0.15) is 0 Å². The standard InChI is InChI=1S/C16H16Cl2FN/c1-10-3-5-12(17)9-13(10)16(20-2)8-11-4-6-14(18)15(19)7-11/h3-7,9,16,20H,8H2,1-2H3. The molecule has 0 aromatic heterocycles. The van der Waals surface area contributed by atoms with E-state index in [1.807, 2.05) is 38.2 Å². The van der Waals surface area contributed by atoms with Crippen LogP contribution >= 0.6 is 23.2 Å². The molecule has 0 saturated carbocycles. The van der Waals surface area contributed by atoms with E-state index >= 15 is 0 Å². The number of hydrogen-bond acceptors (Lipinski definition) is 1. The van der Waals surface area contributed by atoms with Crippen molar-refractivity contribution in [3.63, 3.8) is 0 Å². The highest BCUT2D eigenvalue weighted by Gasteiger charge is 2.14. The second-order valence-electron chi connectivity index (χ2n) is 4.79. The summed E-state index contributed by atoms with van der Waals surface area (Å²) < 4.78 is 13.5. The lowest BCUT2D eigenvalue weighted by atomic mass is 9.95. The zero-order valence-corrected chi connectivity index (χ0v) is 12.9. The molecule has 0 spiro atoms. The number of nitrogens with one attached hydrogen (secondary N) is 1. The van der Waals surface area contributed by atoms with Gasteiger partial charge in [0.05, 0.1) is 5.02 Å². The van der Waals surface area contributed by atoms with Crippen LogP contribution in [0.4, 0.5) is 4.39 Å². The summed E-state index contributed by atoms with van der Waals surface area (Å²) in [6.45, 7) is 2.04. The van der Waals surface area contributed by atoms with E-state index in [9.17, 15) is 4.39 Å². The number of rotatable bonds is 4. The van der Waals surface area contributed by atoms with Crippen LogP contribution in [0.15, 0.2) is 36.4 Å². The summed E-state index contributed by atoms with van der Waals surface area (Å²) in [6.07, 6.45) is 0.672. The molecule has 1 unspecified atom stereocenters. The molecule has 0 saturated heterocycles. The van der Waals surface area contributed by atoms with Gasteiger partial charge < -0.3 is 5.32 Å². The molecule has 0 aliphatic heterocycles. The largest absolute Gasteiger partial charge is 0.313 e. The van der Waals surface area contributed by atoms with Crippen LogP contribution in [-0.2, 0) is 6.42 Å². The zero-order chi connectivity index (χ0) is 14.7. The summed E-state index contributed by atoms with van der Waals surface area (Å²) in [6, 6.07) is 10.8. The van der Waals surface area contributed by atoms with Crippen LogP contribution in [0.3, 0.4) is 0 Å². The summed E-state index contributed by atoms with van der Waals surface area (Å²) in [4.78, 5) is 0. The zero-order valence-electron chi connectivity index (χ0n) is 11.4. The van der Waals surface area contributed by atoms with Crippen molar-refractivity contribution in [3.8, 4) is 0 Å². The summed E-state index contributed by atoms with van der Waals surface area (Å²) in [5.41, 5.74) is 3.17. The number of hydrogen-bond donors (Lipinski definition) is 1. The third-order valence-corrected chi connectivity index (χ3v) is 3.93. The molecule has 20 heavy (non-hydrogen) atoms. The van der Waals surface area contributed by atoms with Crippen molar-refractivity contribution in [3.05, 3.63) is 69.0 Å². The van der Waals surface area contributed by atoms with Gasteiger partial charge in [0.1, 0.15) is 5.82 Å². The fraction of sp³-hybridized carbons (Fsp3) is 0.250. The van der Waals surface area contributed by atoms with E-state index in [-0.39, 0.29) is 16.9 Å². The molecule has 1 atom stereocenters. The van der Waals surface area contributed by atoms with Gasteiger partial charge in [0.2, 0.25) is 0 Å². The van der Waals surface area contributed by atoms with Crippen LogP contribution in [0.1, 0.15) is 22.7 Å². The van der Waals surface area contributed by atoms with Gasteiger partial charge in [0.15, 0.2) is 0 Å². The van der Waals surface area contributed by atoms with Gasteiger partial charge in [-0.05, 0) is 61.3 Å². The minimum Gasteiger partial charge on any atom is -0.313 e. The number of likely N-dealkylation sites (N-methyl/N-ethyl adjacent to an activating group) is 1. The molecule has 0 bridgehead atoms. The first-order chi connectivity index (χ1) is 9.51. The third kappa shape index (κ3) is 3.51. The molecule has 0 fully saturated rings. The van der Waals surface area contributed by atoms with Crippen molar-refractivity contribution in [2.24, 2.45) is 0 Å². The first-order valence-corrected chi connectivity index (χ1v) is 7.14. The lowest BCUT2D eigenvalue weighted by Gasteiger charge is -2.19. The molecule has 2 rings (SSSR count). The van der Waals surface area contributed by atoms with Crippen LogP contribution in [0.5, 0.6) is 0 Å². The molecule has 1 nitrogen and oxygen atoms in total. The molecule has 0 aliphatic carbocycles. The fourth-order valence-corrected chi connectivity index (χ4v) is 2.55. The van der Waals surface area contributed by atoms with Crippen molar-refractivity contribution in [1.29, 1.82) is 0 Å².